The van der Waals surface area contributed by atoms with Gasteiger partial charge in [0.15, 0.2) is 5.84 Å². The number of hydrogen-bond acceptors (Lipinski definition) is 3. The second-order valence-corrected chi connectivity index (χ2v) is 3.60. The monoisotopic (exact) mass is 216 g/mol. The van der Waals surface area contributed by atoms with Gasteiger partial charge in [0.25, 0.3) is 0 Å². The number of rotatable bonds is 2. The van der Waals surface area contributed by atoms with Crippen LogP contribution in [0.2, 0.25) is 0 Å². The maximum atomic E-state index is 11.5. The van der Waals surface area contributed by atoms with Gasteiger partial charge in [-0.15, -0.1) is 0 Å². The van der Waals surface area contributed by atoms with Crippen molar-refractivity contribution in [1.29, 1.82) is 0 Å². The van der Waals surface area contributed by atoms with Crippen LogP contribution >= 0.6 is 0 Å². The van der Waals surface area contributed by atoms with Gasteiger partial charge in [0.2, 0.25) is 5.72 Å². The van der Waals surface area contributed by atoms with Crippen LogP contribution in [-0.4, -0.2) is 29.7 Å². The number of hydrogen-bond donors (Lipinski definition) is 0. The highest BCUT2D eigenvalue weighted by Gasteiger charge is 2.70. The maximum absolute atomic E-state index is 11.5. The molecule has 0 radical (unpaired) electrons. The van der Waals surface area contributed by atoms with Crippen molar-refractivity contribution >= 4 is 17.6 Å². The summed E-state index contributed by atoms with van der Waals surface area (Å²) in [6, 6.07) is 9.23. The lowest BCUT2D eigenvalue weighted by atomic mass is 10.1. The highest BCUT2D eigenvalue weighted by atomic mass is 16.5. The Labute approximate surface area is 91.3 Å². The molecule has 0 aliphatic carbocycles. The summed E-state index contributed by atoms with van der Waals surface area (Å²) in [6.45, 7) is 0. The van der Waals surface area contributed by atoms with Gasteiger partial charge in [0.05, 0.1) is 0 Å². The molecule has 2 aliphatic heterocycles. The van der Waals surface area contributed by atoms with E-state index >= 15 is 0 Å². The zero-order valence-corrected chi connectivity index (χ0v) is 8.51. The van der Waals surface area contributed by atoms with Crippen LogP contribution in [0.4, 0.5) is 0 Å². The third kappa shape index (κ3) is 0.862. The van der Waals surface area contributed by atoms with Crippen LogP contribution in [0.5, 0.6) is 0 Å². The number of fused-ring (bicyclic) bond motifs is 1. The zero-order valence-electron chi connectivity index (χ0n) is 8.51. The topological polar surface area (TPSA) is 58.7 Å². The molecule has 0 aromatic heterocycles. The summed E-state index contributed by atoms with van der Waals surface area (Å²) >= 11 is 0. The van der Waals surface area contributed by atoms with Crippen molar-refractivity contribution in [3.05, 3.63) is 35.9 Å². The highest BCUT2D eigenvalue weighted by Crippen LogP contribution is 2.48. The van der Waals surface area contributed by atoms with Gasteiger partial charge in [-0.2, -0.15) is 4.99 Å². The van der Waals surface area contributed by atoms with Crippen molar-refractivity contribution in [2.45, 2.75) is 5.72 Å². The lowest BCUT2D eigenvalue weighted by molar-refractivity contribution is -0.143. The molecule has 5 heteroatoms. The first-order valence-corrected chi connectivity index (χ1v) is 4.80. The second kappa shape index (κ2) is 2.76. The quantitative estimate of drug-likeness (QED) is 0.526. The molecule has 3 rings (SSSR count). The first kappa shape index (κ1) is 9.23. The minimum Gasteiger partial charge on any atom is -0.348 e. The van der Waals surface area contributed by atoms with Crippen molar-refractivity contribution in [2.24, 2.45) is 4.99 Å². The predicted octanol–water partition coefficient (Wildman–Crippen LogP) is 0.267. The van der Waals surface area contributed by atoms with E-state index in [0.29, 0.717) is 5.84 Å². The Morgan fingerprint density at radius 2 is 1.94 bits per heavy atom. The molecule has 0 bridgehead atoms. The van der Waals surface area contributed by atoms with E-state index in [1.807, 2.05) is 30.3 Å². The zero-order chi connectivity index (χ0) is 11.3. The molecule has 1 aromatic rings. The first-order chi connectivity index (χ1) is 7.71. The van der Waals surface area contributed by atoms with E-state index in [9.17, 15) is 9.59 Å². The fourth-order valence-corrected chi connectivity index (χ4v) is 2.05. The van der Waals surface area contributed by atoms with E-state index < -0.39 is 17.5 Å². The molecule has 1 unspecified atom stereocenters. The molecule has 2 aliphatic rings. The fourth-order valence-electron chi connectivity index (χ4n) is 2.05. The molecule has 16 heavy (non-hydrogen) atoms. The van der Waals surface area contributed by atoms with Gasteiger partial charge in [0.1, 0.15) is 0 Å². The summed E-state index contributed by atoms with van der Waals surface area (Å²) in [5.74, 6) is -0.962. The number of nitrogens with zero attached hydrogens (tertiary/aromatic N) is 2. The maximum Gasteiger partial charge on any atom is 0.337 e. The Balaban J connectivity index is 2.11. The number of amides is 2. The van der Waals surface area contributed by atoms with E-state index in [1.165, 1.54) is 12.0 Å². The Kier molecular flexibility index (Phi) is 1.60. The molecule has 1 saturated heterocycles. The molecule has 1 atom stereocenters. The van der Waals surface area contributed by atoms with Crippen molar-refractivity contribution in [3.8, 4) is 0 Å². The number of carbonyl (C=O) groups is 2. The number of amidine groups is 1. The summed E-state index contributed by atoms with van der Waals surface area (Å²) in [7, 11) is 1.49. The summed E-state index contributed by atoms with van der Waals surface area (Å²) in [6.07, 6.45) is 0. The highest BCUT2D eigenvalue weighted by molar-refractivity contribution is 6.49. The number of benzene rings is 1. The largest absolute Gasteiger partial charge is 0.348 e. The van der Waals surface area contributed by atoms with Crippen LogP contribution in [0.3, 0.4) is 0 Å². The average Bonchev–Trinajstić information content (AvgIpc) is 2.87. The van der Waals surface area contributed by atoms with Crippen molar-refractivity contribution in [2.75, 3.05) is 7.11 Å². The Morgan fingerprint density at radius 3 is 2.44 bits per heavy atom. The molecule has 80 valence electrons. The van der Waals surface area contributed by atoms with Gasteiger partial charge in [-0.1, -0.05) is 30.3 Å². The average molecular weight is 216 g/mol. The van der Waals surface area contributed by atoms with Crippen LogP contribution in [0, 0.1) is 0 Å². The van der Waals surface area contributed by atoms with Crippen molar-refractivity contribution in [3.63, 3.8) is 0 Å². The number of methoxy groups -OCH3 is 1. The minimum absolute atomic E-state index is 0.385. The van der Waals surface area contributed by atoms with Crippen molar-refractivity contribution in [1.82, 2.24) is 4.90 Å². The van der Waals surface area contributed by atoms with Crippen molar-refractivity contribution < 1.29 is 14.3 Å². The Hall–Kier alpha value is -2.01. The van der Waals surface area contributed by atoms with Crippen LogP contribution in [-0.2, 0) is 20.1 Å². The molecule has 5 nitrogen and oxygen atoms in total. The smallest absolute Gasteiger partial charge is 0.337 e. The third-order valence-corrected chi connectivity index (χ3v) is 2.83. The van der Waals surface area contributed by atoms with E-state index in [2.05, 4.69) is 4.99 Å². The molecule has 0 N–H and O–H groups in total. The lowest BCUT2D eigenvalue weighted by Gasteiger charge is -2.13. The standard InChI is InChI=1S/C11H8N2O3/c1-16-11(7-5-3-2-4-6-7)10-12-8(14)9(15)13(10)11/h2-6H,1H3. The third-order valence-electron chi connectivity index (χ3n) is 2.83. The molecule has 1 fully saturated rings. The first-order valence-electron chi connectivity index (χ1n) is 4.80. The number of ether oxygens (including phenoxy) is 1. The normalized spacial score (nSPS) is 26.8. The van der Waals surface area contributed by atoms with E-state index in [4.69, 9.17) is 4.74 Å². The summed E-state index contributed by atoms with van der Waals surface area (Å²) in [5.41, 5.74) is -0.135. The molecular formula is C11H8N2O3. The van der Waals surface area contributed by atoms with E-state index in [0.717, 1.165) is 5.56 Å². The van der Waals surface area contributed by atoms with Gasteiger partial charge < -0.3 is 4.74 Å². The van der Waals surface area contributed by atoms with Gasteiger partial charge in [-0.25, -0.2) is 4.90 Å². The van der Waals surface area contributed by atoms with Crippen LogP contribution < -0.4 is 0 Å². The van der Waals surface area contributed by atoms with Gasteiger partial charge in [0, 0.05) is 12.7 Å². The second-order valence-electron chi connectivity index (χ2n) is 3.60. The van der Waals surface area contributed by atoms with Crippen LogP contribution in [0.1, 0.15) is 5.56 Å². The SMILES string of the molecule is COC1(c2ccccc2)C2=NC(=O)C(=O)N21. The fraction of sp³-hybridized carbons (Fsp3) is 0.182. The number of carbonyl (C=O) groups excluding carboxylic acids is 2. The summed E-state index contributed by atoms with van der Waals surface area (Å²) in [5, 5.41) is 0. The summed E-state index contributed by atoms with van der Waals surface area (Å²) in [4.78, 5) is 27.4. The molecule has 1 aromatic carbocycles. The lowest BCUT2D eigenvalue weighted by Crippen LogP contribution is -2.28. The minimum atomic E-state index is -0.938. The van der Waals surface area contributed by atoms with Crippen LogP contribution in [0.15, 0.2) is 35.3 Å². The van der Waals surface area contributed by atoms with Gasteiger partial charge in [-0.05, 0) is 0 Å². The van der Waals surface area contributed by atoms with Gasteiger partial charge in [-0.3, -0.25) is 9.59 Å². The van der Waals surface area contributed by atoms with E-state index in [1.54, 1.807) is 0 Å². The predicted molar refractivity (Wildman–Crippen MR) is 54.4 cm³/mol. The Bertz CT molecular complexity index is 523. The molecule has 2 heterocycles. The molecular weight excluding hydrogens is 208 g/mol. The van der Waals surface area contributed by atoms with E-state index in [-0.39, 0.29) is 0 Å². The number of aliphatic imine (C=N–C) groups is 1. The van der Waals surface area contributed by atoms with Gasteiger partial charge >= 0.3 is 11.8 Å². The van der Waals surface area contributed by atoms with Crippen LogP contribution in [0.25, 0.3) is 0 Å². The Morgan fingerprint density at radius 1 is 1.25 bits per heavy atom. The molecule has 2 amide bonds. The molecule has 0 saturated carbocycles. The molecule has 0 spiro atoms. The summed E-state index contributed by atoms with van der Waals surface area (Å²) < 4.78 is 5.34.